The molecular formula is C31H36N4O4S. The molecule has 1 saturated heterocycles. The van der Waals surface area contributed by atoms with Gasteiger partial charge in [0.15, 0.2) is 0 Å². The highest BCUT2D eigenvalue weighted by Gasteiger charge is 2.43. The molecule has 2 aromatic carbocycles. The number of rotatable bonds is 3. The summed E-state index contributed by atoms with van der Waals surface area (Å²) >= 11 is 0. The van der Waals surface area contributed by atoms with Crippen molar-refractivity contribution in [2.45, 2.75) is 81.9 Å². The molecule has 2 heterocycles. The van der Waals surface area contributed by atoms with Crippen LogP contribution in [0.3, 0.4) is 0 Å². The number of fused-ring (bicyclic) bond motifs is 2. The molecule has 8 nitrogen and oxygen atoms in total. The molecule has 1 atom stereocenters. The fourth-order valence-corrected chi connectivity index (χ4v) is 6.59. The second-order valence-corrected chi connectivity index (χ2v) is 14.1. The molecule has 9 heteroatoms. The van der Waals surface area contributed by atoms with Gasteiger partial charge in [0, 0.05) is 25.0 Å². The van der Waals surface area contributed by atoms with E-state index in [-0.39, 0.29) is 11.1 Å². The van der Waals surface area contributed by atoms with E-state index in [4.69, 9.17) is 4.74 Å². The molecule has 0 radical (unpaired) electrons. The number of hydrogen-bond acceptors (Lipinski definition) is 7. The van der Waals surface area contributed by atoms with Crippen LogP contribution in [0.2, 0.25) is 0 Å². The van der Waals surface area contributed by atoms with E-state index >= 15 is 0 Å². The van der Waals surface area contributed by atoms with E-state index in [2.05, 4.69) is 47.2 Å². The van der Waals surface area contributed by atoms with E-state index < -0.39 is 26.9 Å². The maximum Gasteiger partial charge on any atom is 0.410 e. The first-order valence-corrected chi connectivity index (χ1v) is 15.7. The number of ether oxygens (including phenoxy) is 1. The predicted molar refractivity (Wildman–Crippen MR) is 153 cm³/mol. The van der Waals surface area contributed by atoms with Crippen LogP contribution in [-0.2, 0) is 32.8 Å². The summed E-state index contributed by atoms with van der Waals surface area (Å²) in [5, 5.41) is 12.6. The number of likely N-dealkylation sites (tertiary alicyclic amines) is 1. The molecule has 3 aromatic rings. The van der Waals surface area contributed by atoms with E-state index in [0.717, 1.165) is 18.2 Å². The minimum absolute atomic E-state index is 0.166. The number of hydrogen-bond donors (Lipinski definition) is 0. The van der Waals surface area contributed by atoms with Crippen molar-refractivity contribution in [2.75, 3.05) is 19.3 Å². The van der Waals surface area contributed by atoms with Gasteiger partial charge in [-0.2, -0.15) is 5.26 Å². The van der Waals surface area contributed by atoms with Crippen molar-refractivity contribution in [1.29, 1.82) is 5.26 Å². The van der Waals surface area contributed by atoms with Crippen molar-refractivity contribution < 1.29 is 17.9 Å². The minimum Gasteiger partial charge on any atom is -0.444 e. The Kier molecular flexibility index (Phi) is 7.11. The predicted octanol–water partition coefficient (Wildman–Crippen LogP) is 5.41. The maximum absolute atomic E-state index is 12.7. The number of nitriles is 1. The molecule has 1 unspecified atom stereocenters. The second-order valence-electron chi connectivity index (χ2n) is 12.2. The van der Waals surface area contributed by atoms with E-state index in [0.29, 0.717) is 50.2 Å². The molecule has 0 bridgehead atoms. The summed E-state index contributed by atoms with van der Waals surface area (Å²) in [6, 6.07) is 15.2. The maximum atomic E-state index is 12.7. The lowest BCUT2D eigenvalue weighted by Crippen LogP contribution is -2.47. The van der Waals surface area contributed by atoms with Crippen LogP contribution in [0.4, 0.5) is 4.79 Å². The summed E-state index contributed by atoms with van der Waals surface area (Å²) in [5.74, 6) is 0.166. The molecule has 2 aliphatic rings. The van der Waals surface area contributed by atoms with Crippen molar-refractivity contribution in [3.05, 3.63) is 64.5 Å². The second kappa shape index (κ2) is 10.2. The first-order chi connectivity index (χ1) is 18.8. The van der Waals surface area contributed by atoms with Crippen molar-refractivity contribution in [2.24, 2.45) is 0 Å². The molecule has 40 heavy (non-hydrogen) atoms. The average Bonchev–Trinajstić information content (AvgIpc) is 2.90. The summed E-state index contributed by atoms with van der Waals surface area (Å²) in [4.78, 5) is 23.4. The van der Waals surface area contributed by atoms with Gasteiger partial charge in [0.05, 0.1) is 11.8 Å². The highest BCUT2D eigenvalue weighted by Crippen LogP contribution is 2.42. The van der Waals surface area contributed by atoms with Crippen LogP contribution in [0, 0.1) is 18.3 Å². The van der Waals surface area contributed by atoms with Crippen molar-refractivity contribution in [3.63, 3.8) is 0 Å². The van der Waals surface area contributed by atoms with Gasteiger partial charge in [-0.25, -0.2) is 23.2 Å². The third kappa shape index (κ3) is 5.42. The quantitative estimate of drug-likeness (QED) is 0.394. The standard InChI is InChI=1S/C31H36N4O4S/c1-20-16-21-8-6-7-9-23(21)25(17-20)22-10-11-24-26(18-22)33-28(40(5,37)38)34-27(24)31(19-32)12-14-35(15-13-31)29(36)39-30(2,3)4/h6-9,16-17,22H,10-15,18H2,1-5H3. The molecular weight excluding hydrogens is 524 g/mol. The Hall–Kier alpha value is -3.51. The number of benzene rings is 2. The number of sulfone groups is 1. The summed E-state index contributed by atoms with van der Waals surface area (Å²) in [6.07, 6.45) is 3.47. The van der Waals surface area contributed by atoms with Crippen molar-refractivity contribution >= 4 is 26.7 Å². The monoisotopic (exact) mass is 560 g/mol. The van der Waals surface area contributed by atoms with Gasteiger partial charge in [-0.05, 0) is 87.6 Å². The van der Waals surface area contributed by atoms with Crippen LogP contribution in [-0.4, -0.2) is 54.3 Å². The Balaban J connectivity index is 1.53. The number of amides is 1. The Morgan fingerprint density at radius 1 is 1.15 bits per heavy atom. The zero-order valence-corrected chi connectivity index (χ0v) is 24.6. The molecule has 0 N–H and O–H groups in total. The molecule has 1 fully saturated rings. The van der Waals surface area contributed by atoms with Gasteiger partial charge >= 0.3 is 6.09 Å². The first-order valence-electron chi connectivity index (χ1n) is 13.8. The first kappa shape index (κ1) is 28.0. The van der Waals surface area contributed by atoms with Gasteiger partial charge in [-0.1, -0.05) is 42.0 Å². The molecule has 1 aliphatic carbocycles. The minimum atomic E-state index is -3.72. The smallest absolute Gasteiger partial charge is 0.410 e. The topological polar surface area (TPSA) is 113 Å². The van der Waals surface area contributed by atoms with Crippen LogP contribution < -0.4 is 0 Å². The molecule has 1 amide bonds. The van der Waals surface area contributed by atoms with E-state index in [9.17, 15) is 18.5 Å². The number of aryl methyl sites for hydroxylation is 1. The van der Waals surface area contributed by atoms with Crippen LogP contribution in [0.1, 0.15) is 74.0 Å². The van der Waals surface area contributed by atoms with Gasteiger partial charge in [-0.3, -0.25) is 0 Å². The van der Waals surface area contributed by atoms with Crippen molar-refractivity contribution in [3.8, 4) is 6.07 Å². The van der Waals surface area contributed by atoms with Crippen LogP contribution in [0.25, 0.3) is 10.8 Å². The highest BCUT2D eigenvalue weighted by atomic mass is 32.2. The summed E-state index contributed by atoms with van der Waals surface area (Å²) in [5.41, 5.74) is 2.90. The van der Waals surface area contributed by atoms with Gasteiger partial charge in [-0.15, -0.1) is 0 Å². The average molecular weight is 561 g/mol. The van der Waals surface area contributed by atoms with Gasteiger partial charge in [0.2, 0.25) is 15.0 Å². The molecule has 0 spiro atoms. The molecule has 1 aliphatic heterocycles. The van der Waals surface area contributed by atoms with Gasteiger partial charge in [0.25, 0.3) is 0 Å². The van der Waals surface area contributed by atoms with E-state index in [1.165, 1.54) is 21.9 Å². The summed E-state index contributed by atoms with van der Waals surface area (Å²) in [6.45, 7) is 8.21. The highest BCUT2D eigenvalue weighted by molar-refractivity contribution is 7.90. The van der Waals surface area contributed by atoms with Gasteiger partial charge < -0.3 is 9.64 Å². The lowest BCUT2D eigenvalue weighted by atomic mass is 9.72. The van der Waals surface area contributed by atoms with Crippen LogP contribution in [0.15, 0.2) is 41.6 Å². The number of nitrogens with zero attached hydrogens (tertiary/aromatic N) is 4. The Labute approximate surface area is 236 Å². The summed E-state index contributed by atoms with van der Waals surface area (Å²) < 4.78 is 31.0. The molecule has 5 rings (SSSR count). The number of piperidine rings is 1. The Morgan fingerprint density at radius 3 is 2.50 bits per heavy atom. The summed E-state index contributed by atoms with van der Waals surface area (Å²) in [7, 11) is -3.72. The third-order valence-electron chi connectivity index (χ3n) is 8.00. The zero-order valence-electron chi connectivity index (χ0n) is 23.8. The molecule has 1 aromatic heterocycles. The number of carbonyl (C=O) groups excluding carboxylic acids is 1. The lowest BCUT2D eigenvalue weighted by molar-refractivity contribution is 0.0183. The van der Waals surface area contributed by atoms with Gasteiger partial charge in [0.1, 0.15) is 11.0 Å². The normalized spacial score (nSPS) is 19.1. The Morgan fingerprint density at radius 2 is 1.85 bits per heavy atom. The zero-order chi connectivity index (χ0) is 28.9. The fraction of sp³-hybridized carbons (Fsp3) is 0.484. The van der Waals surface area contributed by atoms with Crippen LogP contribution in [0.5, 0.6) is 0 Å². The van der Waals surface area contributed by atoms with E-state index in [1.54, 1.807) is 4.90 Å². The SMILES string of the molecule is Cc1cc(C2CCc3c(nc(S(C)(=O)=O)nc3C3(C#N)CCN(C(=O)OC(C)(C)C)CC3)C2)c2ccccc2c1. The Bertz CT molecular complexity index is 1630. The third-order valence-corrected chi connectivity index (χ3v) is 8.85. The number of carbonyl (C=O) groups is 1. The largest absolute Gasteiger partial charge is 0.444 e. The molecule has 0 saturated carbocycles. The van der Waals surface area contributed by atoms with E-state index in [1.807, 2.05) is 32.9 Å². The number of aromatic nitrogens is 2. The van der Waals surface area contributed by atoms with Crippen LogP contribution >= 0.6 is 0 Å². The fourth-order valence-electron chi connectivity index (χ4n) is 6.05. The van der Waals surface area contributed by atoms with Crippen molar-refractivity contribution in [1.82, 2.24) is 14.9 Å². The molecule has 210 valence electrons. The lowest BCUT2D eigenvalue weighted by Gasteiger charge is -2.39.